The number of hydrogen-bond acceptors (Lipinski definition) is 2. The third kappa shape index (κ3) is 4.70. The van der Waals surface area contributed by atoms with Crippen molar-refractivity contribution in [1.82, 2.24) is 4.90 Å². The van der Waals surface area contributed by atoms with Crippen LogP contribution in [-0.4, -0.2) is 23.3 Å². The lowest BCUT2D eigenvalue weighted by Gasteiger charge is -2.20. The van der Waals surface area contributed by atoms with Crippen molar-refractivity contribution < 1.29 is 14.0 Å². The molecular weight excluding hydrogens is 283 g/mol. The Kier molecular flexibility index (Phi) is 5.25. The molecule has 5 heteroatoms. The van der Waals surface area contributed by atoms with Crippen LogP contribution in [0.15, 0.2) is 54.6 Å². The molecule has 0 saturated heterocycles. The molecule has 0 heterocycles. The molecule has 0 aliphatic heterocycles. The van der Waals surface area contributed by atoms with Crippen LogP contribution in [0.5, 0.6) is 0 Å². The van der Waals surface area contributed by atoms with Gasteiger partial charge in [-0.1, -0.05) is 30.3 Å². The molecule has 1 N–H and O–H groups in total. The Morgan fingerprint density at radius 1 is 1.05 bits per heavy atom. The summed E-state index contributed by atoms with van der Waals surface area (Å²) in [6.45, 7) is 1.61. The lowest BCUT2D eigenvalue weighted by molar-refractivity contribution is -0.133. The minimum absolute atomic E-state index is 0.0540. The molecule has 0 unspecified atom stereocenters. The number of amides is 2. The van der Waals surface area contributed by atoms with E-state index in [1.54, 1.807) is 24.3 Å². The SMILES string of the molecule is CC(=O)N(CC(=O)Nc1ccccc1)Cc1ccc(F)cc1. The van der Waals surface area contributed by atoms with E-state index < -0.39 is 0 Å². The Morgan fingerprint density at radius 2 is 1.68 bits per heavy atom. The first-order valence-electron chi connectivity index (χ1n) is 6.89. The monoisotopic (exact) mass is 300 g/mol. The molecule has 2 rings (SSSR count). The molecule has 4 nitrogen and oxygen atoms in total. The van der Waals surface area contributed by atoms with Crippen molar-refractivity contribution in [2.75, 3.05) is 11.9 Å². The van der Waals surface area contributed by atoms with E-state index in [1.165, 1.54) is 24.0 Å². The maximum atomic E-state index is 12.9. The normalized spacial score (nSPS) is 10.1. The number of carbonyl (C=O) groups excluding carboxylic acids is 2. The molecule has 0 aliphatic rings. The summed E-state index contributed by atoms with van der Waals surface area (Å²) >= 11 is 0. The van der Waals surface area contributed by atoms with Crippen molar-refractivity contribution in [3.63, 3.8) is 0 Å². The van der Waals surface area contributed by atoms with Crippen molar-refractivity contribution in [1.29, 1.82) is 0 Å². The summed E-state index contributed by atoms with van der Waals surface area (Å²) in [6.07, 6.45) is 0. The third-order valence-corrected chi connectivity index (χ3v) is 3.12. The van der Waals surface area contributed by atoms with Gasteiger partial charge >= 0.3 is 0 Å². The van der Waals surface area contributed by atoms with E-state index in [4.69, 9.17) is 0 Å². The van der Waals surface area contributed by atoms with Crippen LogP contribution in [0.3, 0.4) is 0 Å². The van der Waals surface area contributed by atoms with E-state index in [1.807, 2.05) is 18.2 Å². The van der Waals surface area contributed by atoms with Crippen LogP contribution in [-0.2, 0) is 16.1 Å². The highest BCUT2D eigenvalue weighted by Crippen LogP contribution is 2.09. The zero-order valence-electron chi connectivity index (χ0n) is 12.3. The number of nitrogens with zero attached hydrogens (tertiary/aromatic N) is 1. The standard InChI is InChI=1S/C17H17FN2O2/c1-13(21)20(11-14-7-9-15(18)10-8-14)12-17(22)19-16-5-3-2-4-6-16/h2-10H,11-12H2,1H3,(H,19,22). The maximum Gasteiger partial charge on any atom is 0.244 e. The zero-order chi connectivity index (χ0) is 15.9. The number of anilines is 1. The van der Waals surface area contributed by atoms with Crippen molar-refractivity contribution in [2.45, 2.75) is 13.5 Å². The highest BCUT2D eigenvalue weighted by atomic mass is 19.1. The van der Waals surface area contributed by atoms with Gasteiger partial charge in [-0.05, 0) is 29.8 Å². The highest BCUT2D eigenvalue weighted by Gasteiger charge is 2.14. The first-order valence-corrected chi connectivity index (χ1v) is 6.89. The van der Waals surface area contributed by atoms with E-state index in [2.05, 4.69) is 5.32 Å². The molecule has 0 aromatic heterocycles. The first-order chi connectivity index (χ1) is 10.5. The van der Waals surface area contributed by atoms with E-state index in [0.717, 1.165) is 5.56 Å². The minimum Gasteiger partial charge on any atom is -0.329 e. The van der Waals surface area contributed by atoms with Gasteiger partial charge in [0.15, 0.2) is 0 Å². The lowest BCUT2D eigenvalue weighted by atomic mass is 10.2. The highest BCUT2D eigenvalue weighted by molar-refractivity contribution is 5.94. The van der Waals surface area contributed by atoms with Gasteiger partial charge in [0, 0.05) is 19.2 Å². The minimum atomic E-state index is -0.333. The van der Waals surface area contributed by atoms with Crippen LogP contribution >= 0.6 is 0 Å². The second-order valence-electron chi connectivity index (χ2n) is 4.92. The number of benzene rings is 2. The number of carbonyl (C=O) groups is 2. The van der Waals surface area contributed by atoms with Gasteiger partial charge < -0.3 is 10.2 Å². The molecule has 0 radical (unpaired) electrons. The molecule has 2 aromatic rings. The third-order valence-electron chi connectivity index (χ3n) is 3.12. The fraction of sp³-hybridized carbons (Fsp3) is 0.176. The van der Waals surface area contributed by atoms with Crippen LogP contribution in [0.1, 0.15) is 12.5 Å². The van der Waals surface area contributed by atoms with Crippen molar-refractivity contribution in [2.24, 2.45) is 0 Å². The Balaban J connectivity index is 1.98. The summed E-state index contributed by atoms with van der Waals surface area (Å²) in [5, 5.41) is 2.73. The fourth-order valence-corrected chi connectivity index (χ4v) is 1.98. The van der Waals surface area contributed by atoms with E-state index >= 15 is 0 Å². The van der Waals surface area contributed by atoms with Crippen molar-refractivity contribution in [3.05, 3.63) is 66.0 Å². The molecule has 0 saturated carbocycles. The van der Waals surface area contributed by atoms with Gasteiger partial charge in [0.1, 0.15) is 12.4 Å². The van der Waals surface area contributed by atoms with Crippen molar-refractivity contribution in [3.8, 4) is 0 Å². The molecule has 114 valence electrons. The Bertz CT molecular complexity index is 641. The number of para-hydroxylation sites is 1. The van der Waals surface area contributed by atoms with Crippen molar-refractivity contribution >= 4 is 17.5 Å². The summed E-state index contributed by atoms with van der Waals surface area (Å²) in [4.78, 5) is 25.1. The average molecular weight is 300 g/mol. The van der Waals surface area contributed by atoms with Gasteiger partial charge in [-0.15, -0.1) is 0 Å². The predicted octanol–water partition coefficient (Wildman–Crippen LogP) is 2.81. The summed E-state index contributed by atoms with van der Waals surface area (Å²) < 4.78 is 12.9. The van der Waals surface area contributed by atoms with E-state index in [9.17, 15) is 14.0 Å². The number of rotatable bonds is 5. The molecule has 0 bridgehead atoms. The molecule has 0 spiro atoms. The molecule has 22 heavy (non-hydrogen) atoms. The number of nitrogens with one attached hydrogen (secondary N) is 1. The summed E-state index contributed by atoms with van der Waals surface area (Å²) in [5.74, 6) is -0.823. The molecule has 0 atom stereocenters. The van der Waals surface area contributed by atoms with E-state index in [-0.39, 0.29) is 30.7 Å². The second-order valence-corrected chi connectivity index (χ2v) is 4.92. The van der Waals surface area contributed by atoms with Gasteiger partial charge in [0.2, 0.25) is 11.8 Å². The summed E-state index contributed by atoms with van der Waals surface area (Å²) in [7, 11) is 0. The van der Waals surface area contributed by atoms with Gasteiger partial charge in [0.25, 0.3) is 0 Å². The van der Waals surface area contributed by atoms with Crippen LogP contribution in [0, 0.1) is 5.82 Å². The molecule has 2 aromatic carbocycles. The molecule has 0 aliphatic carbocycles. The van der Waals surface area contributed by atoms with Crippen LogP contribution < -0.4 is 5.32 Å². The second kappa shape index (κ2) is 7.36. The first kappa shape index (κ1) is 15.7. The molecule has 0 fully saturated rings. The summed E-state index contributed by atoms with van der Waals surface area (Å²) in [6, 6.07) is 14.9. The average Bonchev–Trinajstić information content (AvgIpc) is 2.49. The maximum absolute atomic E-state index is 12.9. The topological polar surface area (TPSA) is 49.4 Å². The molecule has 2 amide bonds. The summed E-state index contributed by atoms with van der Waals surface area (Å²) in [5.41, 5.74) is 1.45. The van der Waals surface area contributed by atoms with Crippen LogP contribution in [0.2, 0.25) is 0 Å². The predicted molar refractivity (Wildman–Crippen MR) is 82.6 cm³/mol. The zero-order valence-corrected chi connectivity index (χ0v) is 12.3. The van der Waals surface area contributed by atoms with Crippen LogP contribution in [0.25, 0.3) is 0 Å². The Labute approximate surface area is 128 Å². The lowest BCUT2D eigenvalue weighted by Crippen LogP contribution is -2.36. The fourth-order valence-electron chi connectivity index (χ4n) is 1.98. The van der Waals surface area contributed by atoms with Gasteiger partial charge in [-0.2, -0.15) is 0 Å². The van der Waals surface area contributed by atoms with E-state index in [0.29, 0.717) is 5.69 Å². The number of hydrogen-bond donors (Lipinski definition) is 1. The molecular formula is C17H17FN2O2. The quantitative estimate of drug-likeness (QED) is 0.923. The van der Waals surface area contributed by atoms with Gasteiger partial charge in [0.05, 0.1) is 0 Å². The smallest absolute Gasteiger partial charge is 0.244 e. The van der Waals surface area contributed by atoms with Crippen LogP contribution in [0.4, 0.5) is 10.1 Å². The Morgan fingerprint density at radius 3 is 2.27 bits per heavy atom. The number of halogens is 1. The Hall–Kier alpha value is -2.69. The largest absolute Gasteiger partial charge is 0.329 e. The van der Waals surface area contributed by atoms with Gasteiger partial charge in [-0.3, -0.25) is 9.59 Å². The van der Waals surface area contributed by atoms with Gasteiger partial charge in [-0.25, -0.2) is 4.39 Å².